The third-order valence-electron chi connectivity index (χ3n) is 5.60. The standard InChI is InChI=1S/C23H27ClN4O3/c1-22(2,3)31-21(30)26-15-23(16-5-4-6-17(24)13-16)11-9-19(10-12-23)28-20(29)8-7-18(14-25)27-28/h4-8,13,19H,9-12,15H2,1-3H3,(H,26,30)/t19-,23+. The minimum atomic E-state index is -0.580. The summed E-state index contributed by atoms with van der Waals surface area (Å²) < 4.78 is 6.82. The molecule has 1 fully saturated rings. The molecule has 0 saturated heterocycles. The number of hydrogen-bond acceptors (Lipinski definition) is 5. The van der Waals surface area contributed by atoms with Crippen LogP contribution in [-0.4, -0.2) is 28.0 Å². The van der Waals surface area contributed by atoms with Crippen LogP contribution in [0.25, 0.3) is 0 Å². The fourth-order valence-corrected chi connectivity index (χ4v) is 4.28. The van der Waals surface area contributed by atoms with Gasteiger partial charge in [-0.15, -0.1) is 0 Å². The van der Waals surface area contributed by atoms with E-state index in [-0.39, 0.29) is 22.7 Å². The zero-order valence-corrected chi connectivity index (χ0v) is 18.8. The highest BCUT2D eigenvalue weighted by atomic mass is 35.5. The van der Waals surface area contributed by atoms with E-state index in [1.165, 1.54) is 16.8 Å². The zero-order chi connectivity index (χ0) is 22.6. The monoisotopic (exact) mass is 442 g/mol. The molecule has 0 bridgehead atoms. The maximum absolute atomic E-state index is 12.3. The van der Waals surface area contributed by atoms with Gasteiger partial charge in [0.2, 0.25) is 0 Å². The van der Waals surface area contributed by atoms with E-state index in [0.717, 1.165) is 18.4 Å². The number of carbonyl (C=O) groups is 1. The highest BCUT2D eigenvalue weighted by Crippen LogP contribution is 2.43. The average Bonchev–Trinajstić information content (AvgIpc) is 2.72. The van der Waals surface area contributed by atoms with E-state index in [0.29, 0.717) is 24.4 Å². The molecule has 1 heterocycles. The number of amides is 1. The van der Waals surface area contributed by atoms with Crippen molar-refractivity contribution in [3.05, 3.63) is 63.0 Å². The molecule has 2 aromatic rings. The molecule has 1 aliphatic carbocycles. The fourth-order valence-electron chi connectivity index (χ4n) is 4.09. The van der Waals surface area contributed by atoms with E-state index in [2.05, 4.69) is 10.4 Å². The molecule has 164 valence electrons. The van der Waals surface area contributed by atoms with Crippen LogP contribution in [-0.2, 0) is 10.2 Å². The summed E-state index contributed by atoms with van der Waals surface area (Å²) in [6.45, 7) is 5.87. The summed E-state index contributed by atoms with van der Waals surface area (Å²) in [5.74, 6) is 0. The molecule has 31 heavy (non-hydrogen) atoms. The second kappa shape index (κ2) is 9.11. The van der Waals surface area contributed by atoms with Gasteiger partial charge < -0.3 is 10.1 Å². The molecular weight excluding hydrogens is 416 g/mol. The highest BCUT2D eigenvalue weighted by molar-refractivity contribution is 6.30. The predicted molar refractivity (Wildman–Crippen MR) is 118 cm³/mol. The summed E-state index contributed by atoms with van der Waals surface area (Å²) in [4.78, 5) is 24.6. The number of hydrogen-bond donors (Lipinski definition) is 1. The number of rotatable bonds is 4. The van der Waals surface area contributed by atoms with Gasteiger partial charge in [0.05, 0.1) is 6.04 Å². The minimum absolute atomic E-state index is 0.102. The van der Waals surface area contributed by atoms with E-state index in [1.54, 1.807) is 0 Å². The van der Waals surface area contributed by atoms with Crippen molar-refractivity contribution in [2.24, 2.45) is 0 Å². The van der Waals surface area contributed by atoms with Gasteiger partial charge in [0.1, 0.15) is 11.7 Å². The van der Waals surface area contributed by atoms with Gasteiger partial charge in [-0.1, -0.05) is 23.7 Å². The molecule has 0 atom stereocenters. The van der Waals surface area contributed by atoms with Crippen molar-refractivity contribution in [1.29, 1.82) is 5.26 Å². The van der Waals surface area contributed by atoms with Crippen LogP contribution in [0, 0.1) is 11.3 Å². The summed E-state index contributed by atoms with van der Waals surface area (Å²) in [5.41, 5.74) is 0.128. The van der Waals surface area contributed by atoms with Crippen molar-refractivity contribution >= 4 is 17.7 Å². The van der Waals surface area contributed by atoms with E-state index in [4.69, 9.17) is 21.6 Å². The van der Waals surface area contributed by atoms with Gasteiger partial charge in [0.25, 0.3) is 5.56 Å². The molecule has 1 N–H and O–H groups in total. The van der Waals surface area contributed by atoms with Crippen LogP contribution in [0.1, 0.15) is 63.8 Å². The molecule has 1 amide bonds. The first-order valence-electron chi connectivity index (χ1n) is 10.3. The Hall–Kier alpha value is -2.85. The second-order valence-electron chi connectivity index (χ2n) is 8.99. The number of aromatic nitrogens is 2. The molecule has 0 radical (unpaired) electrons. The van der Waals surface area contributed by atoms with E-state index in [1.807, 2.05) is 51.1 Å². The van der Waals surface area contributed by atoms with Gasteiger partial charge in [0.15, 0.2) is 5.69 Å². The number of nitrogens with one attached hydrogen (secondary N) is 1. The van der Waals surface area contributed by atoms with Gasteiger partial charge in [-0.2, -0.15) is 10.4 Å². The van der Waals surface area contributed by atoms with Crippen LogP contribution in [0.15, 0.2) is 41.2 Å². The first-order valence-corrected chi connectivity index (χ1v) is 10.7. The lowest BCUT2D eigenvalue weighted by molar-refractivity contribution is 0.0504. The maximum Gasteiger partial charge on any atom is 0.407 e. The molecule has 3 rings (SSSR count). The third kappa shape index (κ3) is 5.65. The first kappa shape index (κ1) is 22.8. The molecule has 8 heteroatoms. The normalized spacial score (nSPS) is 21.2. The van der Waals surface area contributed by atoms with Gasteiger partial charge >= 0.3 is 6.09 Å². The van der Waals surface area contributed by atoms with Crippen LogP contribution >= 0.6 is 11.6 Å². The summed E-state index contributed by atoms with van der Waals surface area (Å²) in [6.07, 6.45) is 2.35. The van der Waals surface area contributed by atoms with Gasteiger partial charge in [0, 0.05) is 23.0 Å². The number of nitriles is 1. The summed E-state index contributed by atoms with van der Waals surface area (Å²) in [7, 11) is 0. The first-order chi connectivity index (χ1) is 14.6. The lowest BCUT2D eigenvalue weighted by Crippen LogP contribution is -2.45. The molecule has 0 aliphatic heterocycles. The topological polar surface area (TPSA) is 97.0 Å². The Bertz CT molecular complexity index is 1040. The zero-order valence-electron chi connectivity index (χ0n) is 18.0. The second-order valence-corrected chi connectivity index (χ2v) is 9.43. The summed E-state index contributed by atoms with van der Waals surface area (Å²) in [6, 6.07) is 12.4. The Morgan fingerprint density at radius 1 is 1.32 bits per heavy atom. The lowest BCUT2D eigenvalue weighted by Gasteiger charge is -2.41. The number of carbonyl (C=O) groups excluding carboxylic acids is 1. The Kier molecular flexibility index (Phi) is 6.71. The third-order valence-corrected chi connectivity index (χ3v) is 5.84. The van der Waals surface area contributed by atoms with Crippen LogP contribution < -0.4 is 10.9 Å². The minimum Gasteiger partial charge on any atom is -0.444 e. The SMILES string of the molecule is CC(C)(C)OC(=O)NC[C@]1(c2cccc(Cl)c2)CC[C@@H](n2nc(C#N)ccc2=O)CC1. The highest BCUT2D eigenvalue weighted by Gasteiger charge is 2.38. The van der Waals surface area contributed by atoms with E-state index in [9.17, 15) is 9.59 Å². The van der Waals surface area contributed by atoms with Crippen LogP contribution in [0.3, 0.4) is 0 Å². The van der Waals surface area contributed by atoms with Crippen molar-refractivity contribution in [3.8, 4) is 6.07 Å². The molecular formula is C23H27ClN4O3. The Labute approximate surface area is 187 Å². The van der Waals surface area contributed by atoms with Gasteiger partial charge in [-0.25, -0.2) is 9.48 Å². The number of alkyl carbamates (subject to hydrolysis) is 1. The van der Waals surface area contributed by atoms with Crippen molar-refractivity contribution in [2.45, 2.75) is 63.5 Å². The van der Waals surface area contributed by atoms with E-state index >= 15 is 0 Å². The number of nitrogens with zero attached hydrogens (tertiary/aromatic N) is 3. The Balaban J connectivity index is 1.82. The van der Waals surface area contributed by atoms with Gasteiger partial charge in [-0.3, -0.25) is 4.79 Å². The lowest BCUT2D eigenvalue weighted by atomic mass is 9.68. The van der Waals surface area contributed by atoms with Crippen molar-refractivity contribution < 1.29 is 9.53 Å². The van der Waals surface area contributed by atoms with Crippen LogP contribution in [0.5, 0.6) is 0 Å². The quantitative estimate of drug-likeness (QED) is 0.759. The molecule has 1 aromatic carbocycles. The predicted octanol–water partition coefficient (Wildman–Crippen LogP) is 4.35. The van der Waals surface area contributed by atoms with Crippen LogP contribution in [0.2, 0.25) is 5.02 Å². The van der Waals surface area contributed by atoms with Crippen molar-refractivity contribution in [3.63, 3.8) is 0 Å². The fraction of sp³-hybridized carbons (Fsp3) is 0.478. The number of benzene rings is 1. The Morgan fingerprint density at radius 3 is 2.65 bits per heavy atom. The molecule has 1 saturated carbocycles. The van der Waals surface area contributed by atoms with E-state index < -0.39 is 11.7 Å². The molecule has 0 unspecified atom stereocenters. The van der Waals surface area contributed by atoms with Gasteiger partial charge in [-0.05, 0) is 70.2 Å². The summed E-state index contributed by atoms with van der Waals surface area (Å²) in [5, 5.41) is 16.9. The summed E-state index contributed by atoms with van der Waals surface area (Å²) >= 11 is 6.26. The smallest absolute Gasteiger partial charge is 0.407 e. The average molecular weight is 443 g/mol. The molecule has 1 aromatic heterocycles. The maximum atomic E-state index is 12.3. The van der Waals surface area contributed by atoms with Crippen molar-refractivity contribution in [1.82, 2.24) is 15.1 Å². The molecule has 1 aliphatic rings. The number of halogens is 1. The van der Waals surface area contributed by atoms with Crippen molar-refractivity contribution in [2.75, 3.05) is 6.54 Å². The molecule has 0 spiro atoms. The Morgan fingerprint density at radius 2 is 2.03 bits per heavy atom. The molecule has 7 nitrogen and oxygen atoms in total. The number of ether oxygens (including phenoxy) is 1. The van der Waals surface area contributed by atoms with Crippen LogP contribution in [0.4, 0.5) is 4.79 Å². The largest absolute Gasteiger partial charge is 0.444 e.